The van der Waals surface area contributed by atoms with Crippen molar-refractivity contribution in [1.82, 2.24) is 20.7 Å². The van der Waals surface area contributed by atoms with Crippen LogP contribution in [0.5, 0.6) is 0 Å². The van der Waals surface area contributed by atoms with Crippen LogP contribution in [0.4, 0.5) is 32.3 Å². The first kappa shape index (κ1) is 58.0. The zero-order chi connectivity index (χ0) is 55.6. The average molecular weight is 1070 g/mol. The molecule has 4 amide bonds. The van der Waals surface area contributed by atoms with Crippen molar-refractivity contribution in [3.8, 4) is 0 Å². The van der Waals surface area contributed by atoms with Gasteiger partial charge in [-0.2, -0.15) is 0 Å². The number of nitrogens with two attached hydrogens (primary N) is 1. The molecule has 392 valence electrons. The van der Waals surface area contributed by atoms with Gasteiger partial charge >= 0.3 is 12.2 Å². The van der Waals surface area contributed by atoms with Crippen LogP contribution < -0.4 is 31.3 Å². The summed E-state index contributed by atoms with van der Waals surface area (Å²) in [6.07, 6.45) is 2.82. The first-order chi connectivity index (χ1) is 34.5. The van der Waals surface area contributed by atoms with E-state index >= 15 is 0 Å². The lowest BCUT2D eigenvalue weighted by Gasteiger charge is -2.28. The highest BCUT2D eigenvalue weighted by Crippen LogP contribution is 2.35. The number of nitro groups is 2. The summed E-state index contributed by atoms with van der Waals surface area (Å²) >= 11 is 0. The second-order valence-corrected chi connectivity index (χ2v) is 21.2. The Labute approximate surface area is 428 Å². The van der Waals surface area contributed by atoms with Crippen LogP contribution in [0.2, 0.25) is 0 Å². The highest BCUT2D eigenvalue weighted by molar-refractivity contribution is 8.13. The molecule has 0 radical (unpaired) electrons. The van der Waals surface area contributed by atoms with Crippen LogP contribution in [0, 0.1) is 20.2 Å². The number of nitro benzene ring substituents is 2. The van der Waals surface area contributed by atoms with E-state index in [1.807, 2.05) is 41.2 Å². The smallest absolute Gasteiger partial charge is 0.415 e. The molecule has 0 fully saturated rings. The minimum atomic E-state index is -4.20. The number of carbonyl (C=O) groups is 4. The first-order valence-electron chi connectivity index (χ1n) is 22.4. The van der Waals surface area contributed by atoms with Crippen LogP contribution in [0.25, 0.3) is 0 Å². The molecule has 5 aromatic rings. The van der Waals surface area contributed by atoms with Crippen molar-refractivity contribution in [2.75, 3.05) is 9.80 Å². The zero-order valence-electron chi connectivity index (χ0n) is 41.6. The van der Waals surface area contributed by atoms with Gasteiger partial charge in [0.25, 0.3) is 42.3 Å². The SMILES string of the molecule is CC(C)(C)OC(=O)N1c2ccccc2C[C@H]1C(=O)NN.CC(C)(C)OC(=O)N1c2ccccc2C[C@H]1C(=O)NNS(=O)(=O)c1ccc([N+](=O)[O-])cc1.O=[N+]([O-])c1ccc(S(=O)(=O)Cl)cc1.[2H]CC.c1ccncc1. The number of hydrogen-bond donors (Lipinski definition) is 4. The van der Waals surface area contributed by atoms with E-state index in [-0.39, 0.29) is 27.6 Å². The fourth-order valence-corrected chi connectivity index (χ4v) is 8.03. The lowest BCUT2D eigenvalue weighted by molar-refractivity contribution is -0.385. The minimum absolute atomic E-state index is 0.153. The van der Waals surface area contributed by atoms with Crippen LogP contribution >= 0.6 is 10.7 Å². The summed E-state index contributed by atoms with van der Waals surface area (Å²) in [5.74, 6) is 4.02. The molecule has 1 aromatic heterocycles. The second-order valence-electron chi connectivity index (χ2n) is 17.0. The number of nitrogens with zero attached hydrogens (tertiary/aromatic N) is 5. The molecular formula is C47H56ClN9O14S2. The summed E-state index contributed by atoms with van der Waals surface area (Å²) in [6, 6.07) is 26.8. The van der Waals surface area contributed by atoms with Crippen LogP contribution in [0.15, 0.2) is 137 Å². The first-order valence-corrected chi connectivity index (χ1v) is 25.4. The Hall–Kier alpha value is -7.58. The maximum absolute atomic E-state index is 12.8. The van der Waals surface area contributed by atoms with Gasteiger partial charge in [0.15, 0.2) is 0 Å². The van der Waals surface area contributed by atoms with Gasteiger partial charge < -0.3 is 9.47 Å². The maximum Gasteiger partial charge on any atom is 0.415 e. The monoisotopic (exact) mass is 1070 g/mol. The molecule has 73 heavy (non-hydrogen) atoms. The van der Waals surface area contributed by atoms with E-state index in [1.165, 1.54) is 9.80 Å². The van der Waals surface area contributed by atoms with E-state index in [1.54, 1.807) is 91.2 Å². The van der Waals surface area contributed by atoms with Gasteiger partial charge in [-0.15, -0.1) is 4.83 Å². The lowest BCUT2D eigenvalue weighted by atomic mass is 10.1. The number of anilines is 2. The molecule has 2 aliphatic rings. The number of fused-ring (bicyclic) bond motifs is 2. The molecule has 0 bridgehead atoms. The van der Waals surface area contributed by atoms with Crippen molar-refractivity contribution in [2.45, 2.75) is 101 Å². The molecule has 2 aliphatic heterocycles. The topological polar surface area (TPSA) is 323 Å². The van der Waals surface area contributed by atoms with E-state index < -0.39 is 76.2 Å². The number of nitrogens with one attached hydrogen (secondary N) is 3. The summed E-state index contributed by atoms with van der Waals surface area (Å²) in [5.41, 5.74) is 5.20. The predicted molar refractivity (Wildman–Crippen MR) is 271 cm³/mol. The predicted octanol–water partition coefficient (Wildman–Crippen LogP) is 7.24. The van der Waals surface area contributed by atoms with Crippen LogP contribution in [0.3, 0.4) is 0 Å². The molecule has 4 aromatic carbocycles. The number of ether oxygens (including phenoxy) is 2. The molecule has 0 spiro atoms. The average Bonchev–Trinajstić information content (AvgIpc) is 3.93. The third kappa shape index (κ3) is 17.9. The van der Waals surface area contributed by atoms with Gasteiger partial charge in [-0.05, 0) is 101 Å². The Morgan fingerprint density at radius 3 is 1.38 bits per heavy atom. The summed E-state index contributed by atoms with van der Waals surface area (Å²) in [6.45, 7) is 12.7. The molecule has 7 rings (SSSR count). The normalized spacial score (nSPS) is 14.6. The number of para-hydroxylation sites is 2. The largest absolute Gasteiger partial charge is 0.443 e. The van der Waals surface area contributed by atoms with Gasteiger partial charge in [-0.25, -0.2) is 32.3 Å². The van der Waals surface area contributed by atoms with Gasteiger partial charge in [0, 0.05) is 61.6 Å². The molecule has 0 aliphatic carbocycles. The second kappa shape index (κ2) is 26.2. The number of pyridine rings is 1. The number of aromatic nitrogens is 1. The number of non-ortho nitro benzene ring substituents is 2. The lowest BCUT2D eigenvalue weighted by Crippen LogP contribution is -2.53. The van der Waals surface area contributed by atoms with Gasteiger partial charge in [-0.1, -0.05) is 56.3 Å². The van der Waals surface area contributed by atoms with E-state index in [0.717, 1.165) is 59.7 Å². The molecule has 23 nitrogen and oxygen atoms in total. The molecule has 5 N–H and O–H groups in total. The van der Waals surface area contributed by atoms with Gasteiger partial charge in [0.2, 0.25) is 0 Å². The Morgan fingerprint density at radius 2 is 1.05 bits per heavy atom. The number of halogens is 1. The maximum atomic E-state index is 12.8. The molecule has 2 atom stereocenters. The number of amides is 4. The number of hydrogen-bond acceptors (Lipinski definition) is 16. The Bertz CT molecular complexity index is 2940. The number of benzene rings is 4. The minimum Gasteiger partial charge on any atom is -0.443 e. The summed E-state index contributed by atoms with van der Waals surface area (Å²) in [5, 5.41) is 20.9. The Kier molecular flexibility index (Phi) is 20.8. The molecule has 0 unspecified atom stereocenters. The quantitative estimate of drug-likeness (QED) is 0.0391. The van der Waals surface area contributed by atoms with Crippen LogP contribution in [0.1, 0.15) is 67.9 Å². The third-order valence-corrected chi connectivity index (χ3v) is 12.1. The number of hydrazine groups is 2. The van der Waals surface area contributed by atoms with Crippen molar-refractivity contribution in [3.05, 3.63) is 159 Å². The van der Waals surface area contributed by atoms with E-state index in [9.17, 15) is 56.2 Å². The van der Waals surface area contributed by atoms with Crippen LogP contribution in [-0.2, 0) is 51.0 Å². The number of carbonyl (C=O) groups excluding carboxylic acids is 4. The molecule has 0 saturated heterocycles. The third-order valence-electron chi connectivity index (χ3n) is 9.44. The van der Waals surface area contributed by atoms with E-state index in [4.69, 9.17) is 27.4 Å². The summed E-state index contributed by atoms with van der Waals surface area (Å²) < 4.78 is 63.3. The van der Waals surface area contributed by atoms with Crippen molar-refractivity contribution in [1.29, 1.82) is 0 Å². The summed E-state index contributed by atoms with van der Waals surface area (Å²) in [4.78, 5) is 77.3. The van der Waals surface area contributed by atoms with Gasteiger partial charge in [-0.3, -0.25) is 55.5 Å². The highest BCUT2D eigenvalue weighted by Gasteiger charge is 2.42. The fourth-order valence-electron chi connectivity index (χ4n) is 6.41. The Morgan fingerprint density at radius 1 is 0.671 bits per heavy atom. The molecular weight excluding hydrogens is 1010 g/mol. The molecule has 26 heteroatoms. The number of rotatable bonds is 8. The van der Waals surface area contributed by atoms with Crippen LogP contribution in [-0.4, -0.2) is 79.0 Å². The van der Waals surface area contributed by atoms with Crippen molar-refractivity contribution >= 4 is 76.5 Å². The standard InChI is InChI=1S/C20H22N4O7S.C14H19N3O3.C6H4ClNO4S.C5H5N.C2H6/c1-20(2,3)31-19(26)23-16-7-5-4-6-13(16)12-17(23)18(25)21-22-32(29,30)15-10-8-14(9-11-15)24(27)28;1-14(2,3)20-13(19)17-10-7-5-4-6-9(10)8-11(17)12(18)16-15;7-13(11,12)6-3-1-5(2-4-6)8(9)10;1-2-4-6-5-3-1;1-2/h4-11,17,22H,12H2,1-3H3,(H,21,25);4-7,11H,8,15H2,1-3H3,(H,16,18);1-4H;1-5H;1-2H3/t17-;11-;;;/m00.../s1/i;;;;1D. The fraction of sp³-hybridized carbons (Fsp3) is 0.298. The zero-order valence-corrected chi connectivity index (χ0v) is 43.0. The molecule has 0 saturated carbocycles. The van der Waals surface area contributed by atoms with E-state index in [2.05, 4.69) is 15.8 Å². The Balaban J connectivity index is 0.000000290. The van der Waals surface area contributed by atoms with Crippen molar-refractivity contribution in [2.24, 2.45) is 5.84 Å². The summed E-state index contributed by atoms with van der Waals surface area (Å²) in [7, 11) is -3.00. The van der Waals surface area contributed by atoms with Gasteiger partial charge in [0.05, 0.1) is 31.0 Å². The van der Waals surface area contributed by atoms with Crippen molar-refractivity contribution in [3.63, 3.8) is 0 Å². The highest BCUT2D eigenvalue weighted by atomic mass is 35.7. The van der Waals surface area contributed by atoms with Gasteiger partial charge in [0.1, 0.15) is 23.3 Å². The molecule has 3 heterocycles. The number of sulfonamides is 1. The van der Waals surface area contributed by atoms with E-state index in [0.29, 0.717) is 24.7 Å². The van der Waals surface area contributed by atoms with Crippen molar-refractivity contribution < 1.29 is 56.7 Å².